The van der Waals surface area contributed by atoms with E-state index in [0.29, 0.717) is 34.9 Å². The molecule has 4 rings (SSSR count). The van der Waals surface area contributed by atoms with Crippen LogP contribution >= 0.6 is 0 Å². The zero-order valence-electron chi connectivity index (χ0n) is 14.2. The number of nitrogen functional groups attached to an aromatic ring is 1. The summed E-state index contributed by atoms with van der Waals surface area (Å²) in [5.74, 6) is -1.74. The van der Waals surface area contributed by atoms with Gasteiger partial charge in [0.05, 0.1) is 29.0 Å². The Morgan fingerprint density at radius 1 is 1.44 bits per heavy atom. The molecular formula is C17H15FN6O3. The van der Waals surface area contributed by atoms with E-state index in [1.807, 2.05) is 6.92 Å². The lowest BCUT2D eigenvalue weighted by Crippen LogP contribution is -2.18. The largest absolute Gasteiger partial charge is 0.483 e. The van der Waals surface area contributed by atoms with Gasteiger partial charge in [0.25, 0.3) is 0 Å². The minimum Gasteiger partial charge on any atom is -0.483 e. The average molecular weight is 370 g/mol. The number of rotatable bonds is 4. The number of hydrogen-bond donors (Lipinski definition) is 3. The van der Waals surface area contributed by atoms with Crippen molar-refractivity contribution < 1.29 is 19.0 Å². The van der Waals surface area contributed by atoms with Crippen LogP contribution in [0.15, 0.2) is 24.4 Å². The third kappa shape index (κ3) is 2.71. The lowest BCUT2D eigenvalue weighted by atomic mass is 10.2. The van der Waals surface area contributed by atoms with Gasteiger partial charge in [-0.25, -0.2) is 19.2 Å². The summed E-state index contributed by atoms with van der Waals surface area (Å²) >= 11 is 0. The Bertz CT molecular complexity index is 1070. The summed E-state index contributed by atoms with van der Waals surface area (Å²) in [7, 11) is 0. The van der Waals surface area contributed by atoms with Crippen LogP contribution in [-0.2, 0) is 13.0 Å². The topological polar surface area (TPSA) is 128 Å². The maximum atomic E-state index is 14.0. The van der Waals surface area contributed by atoms with E-state index >= 15 is 0 Å². The van der Waals surface area contributed by atoms with Gasteiger partial charge >= 0.3 is 5.97 Å². The van der Waals surface area contributed by atoms with E-state index in [9.17, 15) is 14.3 Å². The summed E-state index contributed by atoms with van der Waals surface area (Å²) in [6.45, 7) is 2.04. The molecule has 0 unspecified atom stereocenters. The molecule has 2 aromatic heterocycles. The Hall–Kier alpha value is -3.69. The average Bonchev–Trinajstić information content (AvgIpc) is 3.04. The van der Waals surface area contributed by atoms with E-state index in [1.54, 1.807) is 22.8 Å². The van der Waals surface area contributed by atoms with Crippen molar-refractivity contribution in [3.63, 3.8) is 0 Å². The van der Waals surface area contributed by atoms with Crippen LogP contribution in [-0.4, -0.2) is 30.6 Å². The van der Waals surface area contributed by atoms with Gasteiger partial charge in [-0.3, -0.25) is 4.57 Å². The molecule has 138 valence electrons. The molecule has 0 radical (unpaired) electrons. The first-order valence-corrected chi connectivity index (χ1v) is 8.14. The highest BCUT2D eigenvalue weighted by Gasteiger charge is 2.29. The van der Waals surface area contributed by atoms with Crippen LogP contribution < -0.4 is 15.8 Å². The van der Waals surface area contributed by atoms with Crippen molar-refractivity contribution in [2.24, 2.45) is 0 Å². The molecule has 1 aliphatic rings. The first-order chi connectivity index (χ1) is 13.0. The SMILES string of the molecule is CCc1nc(C(=O)O)n2c1COc1c(Nc3nc(N)ncc3F)cccc1-2. The number of carboxylic acids is 1. The molecule has 27 heavy (non-hydrogen) atoms. The van der Waals surface area contributed by atoms with Gasteiger partial charge in [0.2, 0.25) is 11.8 Å². The summed E-state index contributed by atoms with van der Waals surface area (Å²) in [5.41, 5.74) is 7.76. The standard InChI is InChI=1S/C17H15FN6O3/c1-2-9-12-7-27-13-10(21-14-8(18)6-20-17(19)23-14)4-3-5-11(13)24(12)15(22-9)16(25)26/h3-6H,2,7H2,1H3,(H,25,26)(H3,19,20,21,23). The molecule has 1 aromatic carbocycles. The molecule has 0 spiro atoms. The van der Waals surface area contributed by atoms with Crippen molar-refractivity contribution in [1.82, 2.24) is 19.5 Å². The number of anilines is 3. The third-order valence-corrected chi connectivity index (χ3v) is 4.19. The van der Waals surface area contributed by atoms with Gasteiger partial charge in [-0.1, -0.05) is 13.0 Å². The van der Waals surface area contributed by atoms with Crippen molar-refractivity contribution >= 4 is 23.4 Å². The van der Waals surface area contributed by atoms with E-state index in [0.717, 1.165) is 6.20 Å². The molecule has 0 fully saturated rings. The summed E-state index contributed by atoms with van der Waals surface area (Å²) in [6.07, 6.45) is 1.54. The van der Waals surface area contributed by atoms with Gasteiger partial charge in [0.15, 0.2) is 17.4 Å². The van der Waals surface area contributed by atoms with Gasteiger partial charge in [-0.05, 0) is 18.6 Å². The lowest BCUT2D eigenvalue weighted by molar-refractivity contribution is 0.0680. The number of ether oxygens (including phenoxy) is 1. The normalized spacial score (nSPS) is 12.1. The second kappa shape index (κ2) is 6.24. The van der Waals surface area contributed by atoms with E-state index in [2.05, 4.69) is 20.3 Å². The van der Waals surface area contributed by atoms with Gasteiger partial charge in [0, 0.05) is 0 Å². The summed E-state index contributed by atoms with van der Waals surface area (Å²) in [5, 5.41) is 12.4. The molecule has 0 aliphatic carbocycles. The number of nitrogens with zero attached hydrogens (tertiary/aromatic N) is 4. The lowest BCUT2D eigenvalue weighted by Gasteiger charge is -2.24. The molecule has 0 saturated carbocycles. The zero-order chi connectivity index (χ0) is 19.1. The Morgan fingerprint density at radius 3 is 3.00 bits per heavy atom. The predicted molar refractivity (Wildman–Crippen MR) is 93.9 cm³/mol. The maximum absolute atomic E-state index is 14.0. The van der Waals surface area contributed by atoms with Crippen LogP contribution in [0.5, 0.6) is 5.75 Å². The minimum atomic E-state index is -1.14. The van der Waals surface area contributed by atoms with E-state index < -0.39 is 11.8 Å². The Kier molecular flexibility index (Phi) is 3.87. The number of carboxylic acid groups (broad SMARTS) is 1. The number of para-hydroxylation sites is 1. The summed E-state index contributed by atoms with van der Waals surface area (Å²) in [4.78, 5) is 23.3. The zero-order valence-corrected chi connectivity index (χ0v) is 14.2. The molecule has 3 heterocycles. The molecule has 0 amide bonds. The van der Waals surface area contributed by atoms with E-state index in [-0.39, 0.29) is 24.2 Å². The fourth-order valence-electron chi connectivity index (χ4n) is 3.02. The van der Waals surface area contributed by atoms with Crippen molar-refractivity contribution in [1.29, 1.82) is 0 Å². The van der Waals surface area contributed by atoms with Crippen LogP contribution in [0.2, 0.25) is 0 Å². The molecule has 10 heteroatoms. The first kappa shape index (κ1) is 16.8. The van der Waals surface area contributed by atoms with Crippen LogP contribution in [0.1, 0.15) is 28.9 Å². The molecule has 1 aliphatic heterocycles. The highest BCUT2D eigenvalue weighted by Crippen LogP contribution is 2.39. The number of hydrogen-bond acceptors (Lipinski definition) is 7. The van der Waals surface area contributed by atoms with Gasteiger partial charge in [-0.2, -0.15) is 4.98 Å². The number of imidazole rings is 1. The van der Waals surface area contributed by atoms with Gasteiger partial charge < -0.3 is 20.9 Å². The molecule has 4 N–H and O–H groups in total. The van der Waals surface area contributed by atoms with Crippen LogP contribution in [0.4, 0.5) is 21.8 Å². The Morgan fingerprint density at radius 2 is 2.26 bits per heavy atom. The summed E-state index contributed by atoms with van der Waals surface area (Å²) < 4.78 is 21.4. The van der Waals surface area contributed by atoms with Crippen LogP contribution in [0.25, 0.3) is 5.69 Å². The van der Waals surface area contributed by atoms with Crippen molar-refractivity contribution in [3.05, 3.63) is 47.4 Å². The van der Waals surface area contributed by atoms with Crippen molar-refractivity contribution in [3.8, 4) is 11.4 Å². The second-order valence-electron chi connectivity index (χ2n) is 5.82. The monoisotopic (exact) mass is 370 g/mol. The molecule has 0 saturated heterocycles. The highest BCUT2D eigenvalue weighted by atomic mass is 19.1. The minimum absolute atomic E-state index is 0.0812. The van der Waals surface area contributed by atoms with E-state index in [4.69, 9.17) is 10.5 Å². The number of aryl methyl sites for hydroxylation is 1. The fraction of sp³-hybridized carbons (Fsp3) is 0.176. The first-order valence-electron chi connectivity index (χ1n) is 8.14. The van der Waals surface area contributed by atoms with Crippen LogP contribution in [0.3, 0.4) is 0 Å². The van der Waals surface area contributed by atoms with Crippen LogP contribution in [0, 0.1) is 5.82 Å². The number of fused-ring (bicyclic) bond motifs is 3. The predicted octanol–water partition coefficient (Wildman–Crippen LogP) is 2.28. The number of aromatic nitrogens is 4. The van der Waals surface area contributed by atoms with Crippen molar-refractivity contribution in [2.75, 3.05) is 11.1 Å². The number of carbonyl (C=O) groups is 1. The number of nitrogens with one attached hydrogen (secondary N) is 1. The number of benzene rings is 1. The Labute approximate surface area is 152 Å². The highest BCUT2D eigenvalue weighted by molar-refractivity contribution is 5.86. The number of aromatic carboxylic acids is 1. The molecular weight excluding hydrogens is 355 g/mol. The molecule has 0 bridgehead atoms. The summed E-state index contributed by atoms with van der Waals surface area (Å²) in [6, 6.07) is 5.07. The second-order valence-corrected chi connectivity index (χ2v) is 5.82. The maximum Gasteiger partial charge on any atom is 0.372 e. The molecule has 0 atom stereocenters. The Balaban J connectivity index is 1.85. The van der Waals surface area contributed by atoms with Crippen molar-refractivity contribution in [2.45, 2.75) is 20.0 Å². The number of halogens is 1. The fourth-order valence-corrected chi connectivity index (χ4v) is 3.02. The number of nitrogens with two attached hydrogens (primary N) is 1. The van der Waals surface area contributed by atoms with Gasteiger partial charge in [0.1, 0.15) is 6.61 Å². The molecule has 9 nitrogen and oxygen atoms in total. The smallest absolute Gasteiger partial charge is 0.372 e. The van der Waals surface area contributed by atoms with Gasteiger partial charge in [-0.15, -0.1) is 0 Å². The quantitative estimate of drug-likeness (QED) is 0.638. The molecule has 3 aromatic rings. The van der Waals surface area contributed by atoms with E-state index in [1.165, 1.54) is 0 Å². The third-order valence-electron chi connectivity index (χ3n) is 4.19.